The molecule has 0 bridgehead atoms. The maximum Gasteiger partial charge on any atom is 0.293 e. The molecule has 1 aliphatic rings. The SMILES string of the molecule is Cc1c(C)n(-c2ccccc2)c2nc(C(=O)Nc3ccc(F)c(F)c3)nc(N3CCCC3)c12. The van der Waals surface area contributed by atoms with Gasteiger partial charge in [0.25, 0.3) is 5.91 Å². The molecule has 1 fully saturated rings. The van der Waals surface area contributed by atoms with Crippen molar-refractivity contribution in [1.29, 1.82) is 0 Å². The molecule has 3 heterocycles. The third kappa shape index (κ3) is 3.71. The molecule has 2 aromatic heterocycles. The van der Waals surface area contributed by atoms with Gasteiger partial charge in [-0.1, -0.05) is 18.2 Å². The van der Waals surface area contributed by atoms with Crippen LogP contribution in [0.4, 0.5) is 20.3 Å². The van der Waals surface area contributed by atoms with Crippen molar-refractivity contribution in [2.75, 3.05) is 23.3 Å². The standard InChI is InChI=1S/C25H23F2N5O/c1-15-16(2)32(18-8-4-3-5-9-18)24-21(15)23(31-12-6-7-13-31)29-22(30-24)25(33)28-17-10-11-19(26)20(27)14-17/h3-5,8-11,14H,6-7,12-13H2,1-2H3,(H,28,33). The molecule has 1 aliphatic heterocycles. The zero-order valence-electron chi connectivity index (χ0n) is 18.4. The van der Waals surface area contributed by atoms with Crippen LogP contribution in [0.15, 0.2) is 48.5 Å². The number of amides is 1. The van der Waals surface area contributed by atoms with Gasteiger partial charge in [-0.2, -0.15) is 0 Å². The Labute approximate surface area is 189 Å². The number of nitrogens with zero attached hydrogens (tertiary/aromatic N) is 4. The zero-order valence-corrected chi connectivity index (χ0v) is 18.4. The summed E-state index contributed by atoms with van der Waals surface area (Å²) in [5.74, 6) is -1.90. The van der Waals surface area contributed by atoms with Gasteiger partial charge >= 0.3 is 0 Å². The summed E-state index contributed by atoms with van der Waals surface area (Å²) in [4.78, 5) is 24.6. The summed E-state index contributed by atoms with van der Waals surface area (Å²) in [5, 5.41) is 3.51. The molecule has 4 aromatic rings. The van der Waals surface area contributed by atoms with Crippen molar-refractivity contribution >= 4 is 28.4 Å². The van der Waals surface area contributed by atoms with E-state index < -0.39 is 17.5 Å². The number of carbonyl (C=O) groups is 1. The average molecular weight is 447 g/mol. The molecule has 0 radical (unpaired) electrons. The number of aryl methyl sites for hydroxylation is 1. The van der Waals surface area contributed by atoms with Crippen LogP contribution in [0.2, 0.25) is 0 Å². The quantitative estimate of drug-likeness (QED) is 0.469. The van der Waals surface area contributed by atoms with Crippen LogP contribution in [0.25, 0.3) is 16.7 Å². The first kappa shape index (κ1) is 21.1. The number of benzene rings is 2. The van der Waals surface area contributed by atoms with Crippen molar-refractivity contribution < 1.29 is 13.6 Å². The number of nitrogens with one attached hydrogen (secondary N) is 1. The van der Waals surface area contributed by atoms with E-state index in [4.69, 9.17) is 0 Å². The Hall–Kier alpha value is -3.81. The van der Waals surface area contributed by atoms with Gasteiger partial charge in [0, 0.05) is 36.2 Å². The number of para-hydroxylation sites is 1. The van der Waals surface area contributed by atoms with Crippen molar-refractivity contribution in [2.24, 2.45) is 0 Å². The highest BCUT2D eigenvalue weighted by molar-refractivity contribution is 6.04. The van der Waals surface area contributed by atoms with Crippen LogP contribution in [0.5, 0.6) is 0 Å². The number of carbonyl (C=O) groups excluding carboxylic acids is 1. The zero-order chi connectivity index (χ0) is 23.1. The molecule has 0 saturated carbocycles. The van der Waals surface area contributed by atoms with Gasteiger partial charge in [0.15, 0.2) is 17.3 Å². The lowest BCUT2D eigenvalue weighted by Crippen LogP contribution is -2.23. The fraction of sp³-hybridized carbons (Fsp3) is 0.240. The molecule has 0 aliphatic carbocycles. The summed E-state index contributed by atoms with van der Waals surface area (Å²) < 4.78 is 28.9. The van der Waals surface area contributed by atoms with Crippen molar-refractivity contribution in [1.82, 2.24) is 14.5 Å². The van der Waals surface area contributed by atoms with E-state index in [1.165, 1.54) is 6.07 Å². The summed E-state index contributed by atoms with van der Waals surface area (Å²) >= 11 is 0. The molecule has 1 saturated heterocycles. The van der Waals surface area contributed by atoms with Gasteiger partial charge in [-0.3, -0.25) is 9.36 Å². The van der Waals surface area contributed by atoms with E-state index in [-0.39, 0.29) is 11.5 Å². The molecule has 0 atom stereocenters. The summed E-state index contributed by atoms with van der Waals surface area (Å²) in [6.07, 6.45) is 2.11. The first-order chi connectivity index (χ1) is 15.9. The average Bonchev–Trinajstić information content (AvgIpc) is 3.44. The first-order valence-corrected chi connectivity index (χ1v) is 10.9. The van der Waals surface area contributed by atoms with Crippen molar-refractivity contribution in [2.45, 2.75) is 26.7 Å². The number of hydrogen-bond donors (Lipinski definition) is 1. The van der Waals surface area contributed by atoms with Crippen LogP contribution in [0.1, 0.15) is 34.7 Å². The number of hydrogen-bond acceptors (Lipinski definition) is 4. The Kier molecular flexibility index (Phi) is 5.28. The largest absolute Gasteiger partial charge is 0.356 e. The van der Waals surface area contributed by atoms with Crippen LogP contribution in [0.3, 0.4) is 0 Å². The molecule has 5 rings (SSSR count). The van der Waals surface area contributed by atoms with Crippen LogP contribution in [0, 0.1) is 25.5 Å². The highest BCUT2D eigenvalue weighted by atomic mass is 19.2. The predicted molar refractivity (Wildman–Crippen MR) is 124 cm³/mol. The number of fused-ring (bicyclic) bond motifs is 1. The number of rotatable bonds is 4. The molecule has 1 N–H and O–H groups in total. The molecule has 2 aromatic carbocycles. The van der Waals surface area contributed by atoms with Crippen LogP contribution < -0.4 is 10.2 Å². The van der Waals surface area contributed by atoms with Gasteiger partial charge in [-0.05, 0) is 56.5 Å². The van der Waals surface area contributed by atoms with Gasteiger partial charge in [0.2, 0.25) is 5.82 Å². The van der Waals surface area contributed by atoms with Gasteiger partial charge in [-0.25, -0.2) is 18.7 Å². The van der Waals surface area contributed by atoms with E-state index in [0.717, 1.165) is 66.2 Å². The molecule has 8 heteroatoms. The fourth-order valence-electron chi connectivity index (χ4n) is 4.36. The third-order valence-electron chi connectivity index (χ3n) is 6.14. The molecule has 33 heavy (non-hydrogen) atoms. The number of halogens is 2. The third-order valence-corrected chi connectivity index (χ3v) is 6.14. The second kappa shape index (κ2) is 8.27. The lowest BCUT2D eigenvalue weighted by Gasteiger charge is -2.19. The van der Waals surface area contributed by atoms with Gasteiger partial charge in [0.05, 0.1) is 5.39 Å². The summed E-state index contributed by atoms with van der Waals surface area (Å²) in [6, 6.07) is 13.0. The summed E-state index contributed by atoms with van der Waals surface area (Å²) in [6.45, 7) is 5.77. The summed E-state index contributed by atoms with van der Waals surface area (Å²) in [5.41, 5.74) is 3.79. The maximum absolute atomic E-state index is 13.6. The van der Waals surface area contributed by atoms with Crippen molar-refractivity contribution in [3.8, 4) is 5.69 Å². The second-order valence-corrected chi connectivity index (χ2v) is 8.23. The van der Waals surface area contributed by atoms with Crippen LogP contribution in [-0.2, 0) is 0 Å². The topological polar surface area (TPSA) is 63.1 Å². The highest BCUT2D eigenvalue weighted by Gasteiger charge is 2.26. The second-order valence-electron chi connectivity index (χ2n) is 8.23. The molecule has 0 spiro atoms. The molecular formula is C25H23F2N5O. The van der Waals surface area contributed by atoms with Crippen molar-refractivity contribution in [3.63, 3.8) is 0 Å². The van der Waals surface area contributed by atoms with E-state index in [1.54, 1.807) is 0 Å². The Balaban J connectivity index is 1.67. The maximum atomic E-state index is 13.6. The van der Waals surface area contributed by atoms with Crippen LogP contribution in [-0.4, -0.2) is 33.5 Å². The predicted octanol–water partition coefficient (Wildman–Crippen LogP) is 5.17. The monoisotopic (exact) mass is 447 g/mol. The normalized spacial score (nSPS) is 13.6. The molecule has 168 valence electrons. The Morgan fingerprint density at radius 3 is 2.39 bits per heavy atom. The van der Waals surface area contributed by atoms with E-state index in [0.29, 0.717) is 5.65 Å². The first-order valence-electron chi connectivity index (χ1n) is 10.9. The number of anilines is 2. The van der Waals surface area contributed by atoms with Crippen LogP contribution >= 0.6 is 0 Å². The van der Waals surface area contributed by atoms with E-state index in [9.17, 15) is 13.6 Å². The minimum atomic E-state index is -1.04. The van der Waals surface area contributed by atoms with E-state index in [2.05, 4.69) is 20.2 Å². The summed E-state index contributed by atoms with van der Waals surface area (Å²) in [7, 11) is 0. The van der Waals surface area contributed by atoms with Gasteiger partial charge in [0.1, 0.15) is 5.82 Å². The molecule has 1 amide bonds. The van der Waals surface area contributed by atoms with Crippen molar-refractivity contribution in [3.05, 3.63) is 77.2 Å². The van der Waals surface area contributed by atoms with Gasteiger partial charge < -0.3 is 10.2 Å². The lowest BCUT2D eigenvalue weighted by molar-refractivity contribution is 0.101. The fourth-order valence-corrected chi connectivity index (χ4v) is 4.36. The Morgan fingerprint density at radius 1 is 0.970 bits per heavy atom. The molecular weight excluding hydrogens is 424 g/mol. The van der Waals surface area contributed by atoms with E-state index >= 15 is 0 Å². The minimum Gasteiger partial charge on any atom is -0.356 e. The number of aromatic nitrogens is 3. The van der Waals surface area contributed by atoms with E-state index in [1.807, 2.05) is 48.7 Å². The highest BCUT2D eigenvalue weighted by Crippen LogP contribution is 2.35. The van der Waals surface area contributed by atoms with Gasteiger partial charge in [-0.15, -0.1) is 0 Å². The molecule has 0 unspecified atom stereocenters. The molecule has 6 nitrogen and oxygen atoms in total. The Bertz CT molecular complexity index is 1360. The Morgan fingerprint density at radius 2 is 1.70 bits per heavy atom. The smallest absolute Gasteiger partial charge is 0.293 e. The minimum absolute atomic E-state index is 0.0242. The lowest BCUT2D eigenvalue weighted by atomic mass is 10.2.